The summed E-state index contributed by atoms with van der Waals surface area (Å²) in [4.78, 5) is 32.3. The number of methoxy groups -OCH3 is 3. The first kappa shape index (κ1) is 20.7. The van der Waals surface area contributed by atoms with Crippen LogP contribution in [0.1, 0.15) is 10.4 Å². The van der Waals surface area contributed by atoms with Crippen molar-refractivity contribution in [3.8, 4) is 17.2 Å². The normalized spacial score (nSPS) is 13.8. The number of hydrogen-bond donors (Lipinski definition) is 0. The van der Waals surface area contributed by atoms with Crippen LogP contribution in [0.5, 0.6) is 11.5 Å². The molecular weight excluding hydrogens is 402 g/mol. The summed E-state index contributed by atoms with van der Waals surface area (Å²) in [5.74, 6) is 1.07. The fourth-order valence-corrected chi connectivity index (χ4v) is 3.55. The molecule has 0 saturated carbocycles. The molecule has 9 nitrogen and oxygen atoms in total. The van der Waals surface area contributed by atoms with Gasteiger partial charge in [0.05, 0.1) is 56.7 Å². The zero-order chi connectivity index (χ0) is 22.0. The summed E-state index contributed by atoms with van der Waals surface area (Å²) in [6.45, 7) is 2.21. The van der Waals surface area contributed by atoms with Crippen molar-refractivity contribution < 1.29 is 23.7 Å². The zero-order valence-corrected chi connectivity index (χ0v) is 17.6. The molecule has 2 heterocycles. The topological polar surface area (TPSA) is 92.1 Å². The Kier molecular flexibility index (Phi) is 5.77. The fraction of sp³-hybridized carbons (Fsp3) is 0.318. The number of nitrogens with zero attached hydrogens (tertiary/aromatic N) is 3. The lowest BCUT2D eigenvalue weighted by Crippen LogP contribution is -2.40. The maximum atomic E-state index is 13.6. The van der Waals surface area contributed by atoms with Crippen LogP contribution in [0.3, 0.4) is 0 Å². The molecule has 0 aliphatic carbocycles. The third kappa shape index (κ3) is 3.91. The molecule has 0 spiro atoms. The van der Waals surface area contributed by atoms with Crippen molar-refractivity contribution in [1.82, 2.24) is 9.55 Å². The Balaban J connectivity index is 1.99. The lowest BCUT2D eigenvalue weighted by molar-refractivity contribution is 0.0601. The Morgan fingerprint density at radius 1 is 1.00 bits per heavy atom. The predicted molar refractivity (Wildman–Crippen MR) is 115 cm³/mol. The van der Waals surface area contributed by atoms with Crippen LogP contribution in [0, 0.1) is 0 Å². The number of hydrogen-bond acceptors (Lipinski definition) is 8. The molecule has 0 N–H and O–H groups in total. The highest BCUT2D eigenvalue weighted by Crippen LogP contribution is 2.28. The lowest BCUT2D eigenvalue weighted by Gasteiger charge is -2.30. The standard InChI is InChI=1S/C22H23N3O6/c1-28-16-11-15(12-17(13-16)29-2)25-20(26)18-5-4-14(21(27)30-3)10-19(18)23-22(25)24-6-8-31-9-7-24/h4-5,10-13H,6-9H2,1-3H3. The van der Waals surface area contributed by atoms with E-state index in [4.69, 9.17) is 23.9 Å². The molecular formula is C22H23N3O6. The fourth-order valence-electron chi connectivity index (χ4n) is 3.55. The van der Waals surface area contributed by atoms with Crippen LogP contribution in [-0.2, 0) is 9.47 Å². The smallest absolute Gasteiger partial charge is 0.337 e. The Hall–Kier alpha value is -3.59. The number of carbonyl (C=O) groups excluding carboxylic acids is 1. The predicted octanol–water partition coefficient (Wildman–Crippen LogP) is 2.03. The van der Waals surface area contributed by atoms with E-state index < -0.39 is 5.97 Å². The van der Waals surface area contributed by atoms with Crippen molar-refractivity contribution in [1.29, 1.82) is 0 Å². The molecule has 4 rings (SSSR count). The third-order valence-electron chi connectivity index (χ3n) is 5.16. The summed E-state index contributed by atoms with van der Waals surface area (Å²) < 4.78 is 22.6. The zero-order valence-electron chi connectivity index (χ0n) is 17.6. The van der Waals surface area contributed by atoms with Gasteiger partial charge in [-0.2, -0.15) is 0 Å². The van der Waals surface area contributed by atoms with Crippen molar-refractivity contribution in [2.24, 2.45) is 0 Å². The van der Waals surface area contributed by atoms with E-state index in [-0.39, 0.29) is 5.56 Å². The largest absolute Gasteiger partial charge is 0.497 e. The van der Waals surface area contributed by atoms with Gasteiger partial charge in [0.15, 0.2) is 0 Å². The first-order chi connectivity index (χ1) is 15.0. The van der Waals surface area contributed by atoms with Crippen molar-refractivity contribution in [3.05, 3.63) is 52.3 Å². The van der Waals surface area contributed by atoms with E-state index in [0.717, 1.165) is 0 Å². The Morgan fingerprint density at radius 3 is 2.29 bits per heavy atom. The molecule has 0 atom stereocenters. The maximum absolute atomic E-state index is 13.6. The summed E-state index contributed by atoms with van der Waals surface area (Å²) in [5.41, 5.74) is 1.04. The first-order valence-corrected chi connectivity index (χ1v) is 9.77. The van der Waals surface area contributed by atoms with Crippen LogP contribution >= 0.6 is 0 Å². The molecule has 3 aromatic rings. The minimum absolute atomic E-state index is 0.266. The van der Waals surface area contributed by atoms with Gasteiger partial charge >= 0.3 is 5.97 Å². The van der Waals surface area contributed by atoms with E-state index >= 15 is 0 Å². The number of aromatic nitrogens is 2. The molecule has 31 heavy (non-hydrogen) atoms. The van der Waals surface area contributed by atoms with Crippen LogP contribution in [-0.4, -0.2) is 63.2 Å². The Labute approximate surface area is 178 Å². The number of benzene rings is 2. The van der Waals surface area contributed by atoms with Crippen LogP contribution < -0.4 is 19.9 Å². The lowest BCUT2D eigenvalue weighted by atomic mass is 10.1. The van der Waals surface area contributed by atoms with Crippen molar-refractivity contribution in [2.75, 3.05) is 52.5 Å². The Morgan fingerprint density at radius 2 is 1.68 bits per heavy atom. The highest BCUT2D eigenvalue weighted by Gasteiger charge is 2.22. The summed E-state index contributed by atoms with van der Waals surface area (Å²) in [6, 6.07) is 9.97. The molecule has 0 amide bonds. The van der Waals surface area contributed by atoms with E-state index in [1.54, 1.807) is 50.6 Å². The molecule has 1 fully saturated rings. The van der Waals surface area contributed by atoms with Gasteiger partial charge in [-0.15, -0.1) is 0 Å². The molecule has 0 unspecified atom stereocenters. The number of esters is 1. The van der Waals surface area contributed by atoms with Crippen molar-refractivity contribution >= 4 is 22.8 Å². The van der Waals surface area contributed by atoms with Crippen LogP contribution in [0.4, 0.5) is 5.95 Å². The highest BCUT2D eigenvalue weighted by molar-refractivity contribution is 5.94. The molecule has 162 valence electrons. The number of anilines is 1. The molecule has 2 aromatic carbocycles. The minimum atomic E-state index is -0.488. The van der Waals surface area contributed by atoms with E-state index in [9.17, 15) is 9.59 Å². The van der Waals surface area contributed by atoms with Gasteiger partial charge in [-0.3, -0.25) is 4.79 Å². The van der Waals surface area contributed by atoms with Gasteiger partial charge in [-0.05, 0) is 18.2 Å². The van der Waals surface area contributed by atoms with E-state index in [2.05, 4.69) is 0 Å². The van der Waals surface area contributed by atoms with Gasteiger partial charge in [0.2, 0.25) is 5.95 Å². The van der Waals surface area contributed by atoms with Crippen LogP contribution in [0.25, 0.3) is 16.6 Å². The second kappa shape index (κ2) is 8.65. The molecule has 1 aliphatic rings. The number of morpholine rings is 1. The summed E-state index contributed by atoms with van der Waals surface area (Å²) in [5, 5.41) is 0.381. The minimum Gasteiger partial charge on any atom is -0.497 e. The molecule has 0 radical (unpaired) electrons. The SMILES string of the molecule is COC(=O)c1ccc2c(=O)n(-c3cc(OC)cc(OC)c3)c(N3CCOCC3)nc2c1. The highest BCUT2D eigenvalue weighted by atomic mass is 16.5. The van der Waals surface area contributed by atoms with Crippen LogP contribution in [0.2, 0.25) is 0 Å². The number of fused-ring (bicyclic) bond motifs is 1. The summed E-state index contributed by atoms with van der Waals surface area (Å²) in [6.07, 6.45) is 0. The van der Waals surface area contributed by atoms with Gasteiger partial charge in [0.1, 0.15) is 11.5 Å². The van der Waals surface area contributed by atoms with Gasteiger partial charge in [0, 0.05) is 31.3 Å². The molecule has 9 heteroatoms. The van der Waals surface area contributed by atoms with Crippen molar-refractivity contribution in [3.63, 3.8) is 0 Å². The van der Waals surface area contributed by atoms with E-state index in [1.165, 1.54) is 11.7 Å². The summed E-state index contributed by atoms with van der Waals surface area (Å²) in [7, 11) is 4.42. The molecule has 1 aromatic heterocycles. The Bertz CT molecular complexity index is 1160. The second-order valence-electron chi connectivity index (χ2n) is 6.95. The second-order valence-corrected chi connectivity index (χ2v) is 6.95. The maximum Gasteiger partial charge on any atom is 0.337 e. The third-order valence-corrected chi connectivity index (χ3v) is 5.16. The van der Waals surface area contributed by atoms with Gasteiger partial charge < -0.3 is 23.8 Å². The van der Waals surface area contributed by atoms with Gasteiger partial charge in [0.25, 0.3) is 5.56 Å². The number of carbonyl (C=O) groups is 1. The van der Waals surface area contributed by atoms with Gasteiger partial charge in [-0.25, -0.2) is 14.3 Å². The van der Waals surface area contributed by atoms with E-state index in [0.29, 0.717) is 65.9 Å². The van der Waals surface area contributed by atoms with Crippen LogP contribution in [0.15, 0.2) is 41.2 Å². The number of ether oxygens (including phenoxy) is 4. The van der Waals surface area contributed by atoms with Gasteiger partial charge in [-0.1, -0.05) is 0 Å². The summed E-state index contributed by atoms with van der Waals surface area (Å²) >= 11 is 0. The monoisotopic (exact) mass is 425 g/mol. The van der Waals surface area contributed by atoms with Crippen molar-refractivity contribution in [2.45, 2.75) is 0 Å². The first-order valence-electron chi connectivity index (χ1n) is 9.77. The average molecular weight is 425 g/mol. The van der Waals surface area contributed by atoms with E-state index in [1.807, 2.05) is 4.90 Å². The number of rotatable bonds is 5. The molecule has 1 aliphatic heterocycles. The average Bonchev–Trinajstić information content (AvgIpc) is 2.83. The quantitative estimate of drug-likeness (QED) is 0.574. The molecule has 0 bridgehead atoms. The molecule has 1 saturated heterocycles.